The molecule has 2 atom stereocenters. The predicted molar refractivity (Wildman–Crippen MR) is 119 cm³/mol. The molecule has 1 saturated heterocycles. The van der Waals surface area contributed by atoms with Gasteiger partial charge in [0.2, 0.25) is 11.6 Å². The summed E-state index contributed by atoms with van der Waals surface area (Å²) in [5.74, 6) is -0.458. The molecule has 1 aliphatic rings. The second-order valence-corrected chi connectivity index (χ2v) is 7.59. The third-order valence-corrected chi connectivity index (χ3v) is 5.83. The average Bonchev–Trinajstić information content (AvgIpc) is 3.58. The molecule has 0 saturated carbocycles. The van der Waals surface area contributed by atoms with Crippen molar-refractivity contribution in [2.75, 3.05) is 0 Å². The summed E-state index contributed by atoms with van der Waals surface area (Å²) in [5.41, 5.74) is -0.544. The van der Waals surface area contributed by atoms with Crippen molar-refractivity contribution in [3.8, 4) is 0 Å². The van der Waals surface area contributed by atoms with Gasteiger partial charge in [0, 0.05) is 11.1 Å². The Balaban J connectivity index is 1.77. The zero-order valence-electron chi connectivity index (χ0n) is 16.8. The van der Waals surface area contributed by atoms with E-state index >= 15 is 0 Å². The predicted octanol–water partition coefficient (Wildman–Crippen LogP) is 5.57. The van der Waals surface area contributed by atoms with Gasteiger partial charge in [-0.05, 0) is 11.1 Å². The Kier molecular flexibility index (Phi) is 4.61. The average molecular weight is 404 g/mol. The molecule has 5 rings (SSSR count). The van der Waals surface area contributed by atoms with Crippen molar-refractivity contribution in [3.05, 3.63) is 144 Å². The summed E-state index contributed by atoms with van der Waals surface area (Å²) in [6.07, 6.45) is 0. The standard InChI is InChI=1S/C28H20O3/c29-25(21-13-5-1-6-14-21)27(23-17-9-3-10-18-23)28(31-27,24-19-11-4-12-20-24)26(30)22-15-7-2-8-16-22/h1-20H/t27-,28-/m0/s1. The zero-order valence-corrected chi connectivity index (χ0v) is 16.8. The number of carbonyl (C=O) groups is 2. The van der Waals surface area contributed by atoms with Gasteiger partial charge in [-0.25, -0.2) is 0 Å². The normalized spacial score (nSPS) is 21.9. The fraction of sp³-hybridized carbons (Fsp3) is 0.0714. The van der Waals surface area contributed by atoms with E-state index in [2.05, 4.69) is 0 Å². The van der Waals surface area contributed by atoms with E-state index in [9.17, 15) is 9.59 Å². The molecule has 0 amide bonds. The maximum absolute atomic E-state index is 14.0. The molecule has 0 aromatic heterocycles. The molecule has 4 aromatic rings. The lowest BCUT2D eigenvalue weighted by atomic mass is 9.73. The summed E-state index contributed by atoms with van der Waals surface area (Å²) in [6, 6.07) is 36.7. The van der Waals surface area contributed by atoms with Crippen LogP contribution in [0.3, 0.4) is 0 Å². The quantitative estimate of drug-likeness (QED) is 0.312. The highest BCUT2D eigenvalue weighted by Gasteiger charge is 2.79. The van der Waals surface area contributed by atoms with Crippen LogP contribution in [0.25, 0.3) is 0 Å². The Hall–Kier alpha value is -3.82. The van der Waals surface area contributed by atoms with E-state index in [1.807, 2.05) is 97.1 Å². The molecule has 0 spiro atoms. The van der Waals surface area contributed by atoms with Crippen LogP contribution >= 0.6 is 0 Å². The maximum atomic E-state index is 14.0. The first-order valence-corrected chi connectivity index (χ1v) is 10.2. The van der Waals surface area contributed by atoms with Gasteiger partial charge in [0.05, 0.1) is 0 Å². The number of ether oxygens (including phenoxy) is 1. The molecule has 1 heterocycles. The van der Waals surface area contributed by atoms with Gasteiger partial charge in [-0.15, -0.1) is 0 Å². The van der Waals surface area contributed by atoms with Crippen molar-refractivity contribution in [2.45, 2.75) is 11.2 Å². The number of hydrogen-bond donors (Lipinski definition) is 0. The first kappa shape index (κ1) is 19.2. The number of hydrogen-bond acceptors (Lipinski definition) is 3. The van der Waals surface area contributed by atoms with E-state index in [4.69, 9.17) is 4.74 Å². The minimum atomic E-state index is -1.44. The molecule has 0 aliphatic carbocycles. The Morgan fingerprint density at radius 2 is 0.742 bits per heavy atom. The first-order chi connectivity index (χ1) is 15.2. The van der Waals surface area contributed by atoms with Crippen molar-refractivity contribution in [3.63, 3.8) is 0 Å². The second kappa shape index (κ2) is 7.46. The van der Waals surface area contributed by atoms with Crippen LogP contribution in [0.15, 0.2) is 121 Å². The summed E-state index contributed by atoms with van der Waals surface area (Å²) in [7, 11) is 0. The molecule has 150 valence electrons. The van der Waals surface area contributed by atoms with E-state index < -0.39 is 11.2 Å². The van der Waals surface area contributed by atoms with E-state index in [0.717, 1.165) is 0 Å². The number of epoxide rings is 1. The third kappa shape index (κ3) is 2.86. The van der Waals surface area contributed by atoms with Gasteiger partial charge in [0.15, 0.2) is 11.2 Å². The summed E-state index contributed by atoms with van der Waals surface area (Å²) in [6.45, 7) is 0. The molecule has 0 bridgehead atoms. The monoisotopic (exact) mass is 404 g/mol. The number of benzene rings is 4. The Morgan fingerprint density at radius 1 is 0.452 bits per heavy atom. The fourth-order valence-corrected chi connectivity index (χ4v) is 4.33. The zero-order chi connectivity index (χ0) is 21.3. The summed E-state index contributed by atoms with van der Waals surface area (Å²) in [4.78, 5) is 28.0. The molecule has 0 N–H and O–H groups in total. The molecule has 3 heteroatoms. The number of ketones is 2. The minimum Gasteiger partial charge on any atom is -0.335 e. The lowest BCUT2D eigenvalue weighted by Gasteiger charge is -2.20. The van der Waals surface area contributed by atoms with Crippen LogP contribution in [0.2, 0.25) is 0 Å². The lowest BCUT2D eigenvalue weighted by Crippen LogP contribution is -2.36. The largest absolute Gasteiger partial charge is 0.335 e. The molecule has 1 aliphatic heterocycles. The number of rotatable bonds is 6. The molecule has 0 unspecified atom stereocenters. The fourth-order valence-electron chi connectivity index (χ4n) is 4.33. The van der Waals surface area contributed by atoms with Gasteiger partial charge < -0.3 is 4.74 Å². The van der Waals surface area contributed by atoms with Crippen LogP contribution in [0.4, 0.5) is 0 Å². The lowest BCUT2D eigenvalue weighted by molar-refractivity contribution is 0.0865. The van der Waals surface area contributed by atoms with E-state index in [0.29, 0.717) is 22.3 Å². The maximum Gasteiger partial charge on any atom is 0.203 e. The van der Waals surface area contributed by atoms with Gasteiger partial charge in [-0.2, -0.15) is 0 Å². The number of Topliss-reactive ketones (excluding diaryl/α,β-unsaturated/α-hetero) is 2. The van der Waals surface area contributed by atoms with Gasteiger partial charge in [-0.3, -0.25) is 9.59 Å². The van der Waals surface area contributed by atoms with E-state index in [1.54, 1.807) is 24.3 Å². The molecule has 31 heavy (non-hydrogen) atoms. The molecular formula is C28H20O3. The van der Waals surface area contributed by atoms with Crippen LogP contribution < -0.4 is 0 Å². The van der Waals surface area contributed by atoms with Gasteiger partial charge >= 0.3 is 0 Å². The Labute approximate surface area is 180 Å². The first-order valence-electron chi connectivity index (χ1n) is 10.2. The van der Waals surface area contributed by atoms with Gasteiger partial charge in [0.1, 0.15) is 0 Å². The summed E-state index contributed by atoms with van der Waals surface area (Å²) >= 11 is 0. The van der Waals surface area contributed by atoms with Crippen LogP contribution in [-0.4, -0.2) is 11.6 Å². The van der Waals surface area contributed by atoms with Crippen molar-refractivity contribution in [2.24, 2.45) is 0 Å². The Bertz CT molecular complexity index is 1120. The molecule has 3 nitrogen and oxygen atoms in total. The highest BCUT2D eigenvalue weighted by atomic mass is 16.6. The van der Waals surface area contributed by atoms with Crippen molar-refractivity contribution >= 4 is 11.6 Å². The van der Waals surface area contributed by atoms with Crippen LogP contribution in [0, 0.1) is 0 Å². The highest BCUT2D eigenvalue weighted by Crippen LogP contribution is 2.65. The highest BCUT2D eigenvalue weighted by molar-refractivity contribution is 6.16. The molecule has 4 aromatic carbocycles. The van der Waals surface area contributed by atoms with Gasteiger partial charge in [0.25, 0.3) is 0 Å². The third-order valence-electron chi connectivity index (χ3n) is 5.83. The Morgan fingerprint density at radius 3 is 1.06 bits per heavy atom. The molecule has 0 radical (unpaired) electrons. The molecular weight excluding hydrogens is 384 g/mol. The SMILES string of the molecule is O=C(c1ccccc1)[C@]1(c2ccccc2)O[C@]1(C(=O)c1ccccc1)c1ccccc1. The van der Waals surface area contributed by atoms with Crippen LogP contribution in [-0.2, 0) is 15.9 Å². The topological polar surface area (TPSA) is 46.7 Å². The van der Waals surface area contributed by atoms with E-state index in [1.165, 1.54) is 0 Å². The second-order valence-electron chi connectivity index (χ2n) is 7.59. The summed E-state index contributed by atoms with van der Waals surface area (Å²) in [5, 5.41) is 0. The van der Waals surface area contributed by atoms with Crippen molar-refractivity contribution < 1.29 is 14.3 Å². The molecule has 1 fully saturated rings. The summed E-state index contributed by atoms with van der Waals surface area (Å²) < 4.78 is 6.40. The van der Waals surface area contributed by atoms with E-state index in [-0.39, 0.29) is 11.6 Å². The van der Waals surface area contributed by atoms with Crippen LogP contribution in [0.1, 0.15) is 31.8 Å². The smallest absolute Gasteiger partial charge is 0.203 e. The van der Waals surface area contributed by atoms with Crippen molar-refractivity contribution in [1.29, 1.82) is 0 Å². The van der Waals surface area contributed by atoms with Gasteiger partial charge in [-0.1, -0.05) is 121 Å². The minimum absolute atomic E-state index is 0.229. The van der Waals surface area contributed by atoms with Crippen molar-refractivity contribution in [1.82, 2.24) is 0 Å². The van der Waals surface area contributed by atoms with Crippen LogP contribution in [0.5, 0.6) is 0 Å². The number of carbonyl (C=O) groups excluding carboxylic acids is 2.